The van der Waals surface area contributed by atoms with Crippen molar-refractivity contribution in [2.45, 2.75) is 31.9 Å². The van der Waals surface area contributed by atoms with E-state index in [1.54, 1.807) is 11.0 Å². The summed E-state index contributed by atoms with van der Waals surface area (Å²) < 4.78 is 7.71. The van der Waals surface area contributed by atoms with Gasteiger partial charge in [-0.15, -0.1) is 0 Å². The van der Waals surface area contributed by atoms with Crippen molar-refractivity contribution in [1.82, 2.24) is 20.1 Å². The lowest BCUT2D eigenvalue weighted by molar-refractivity contribution is 0.284. The molecule has 1 heterocycles. The van der Waals surface area contributed by atoms with E-state index in [0.717, 1.165) is 18.0 Å². The topological polar surface area (TPSA) is 52.0 Å². The number of ether oxygens (including phenoxy) is 1. The first-order chi connectivity index (χ1) is 9.79. The fourth-order valence-electron chi connectivity index (χ4n) is 2.84. The van der Waals surface area contributed by atoms with Gasteiger partial charge in [0.2, 0.25) is 0 Å². The minimum atomic E-state index is 0.442. The molecule has 0 bridgehead atoms. The molecule has 1 aliphatic carbocycles. The van der Waals surface area contributed by atoms with E-state index >= 15 is 0 Å². The van der Waals surface area contributed by atoms with Crippen molar-refractivity contribution < 1.29 is 4.74 Å². The van der Waals surface area contributed by atoms with Crippen LogP contribution in [0.4, 0.5) is 0 Å². The van der Waals surface area contributed by atoms with Gasteiger partial charge in [0.05, 0.1) is 0 Å². The van der Waals surface area contributed by atoms with Crippen molar-refractivity contribution in [3.63, 3.8) is 0 Å². The summed E-state index contributed by atoms with van der Waals surface area (Å²) in [6.07, 6.45) is 5.03. The number of aryl methyl sites for hydroxylation is 1. The third-order valence-corrected chi connectivity index (χ3v) is 3.97. The maximum Gasteiger partial charge on any atom is 0.164 e. The third-order valence-electron chi connectivity index (χ3n) is 3.97. The van der Waals surface area contributed by atoms with Gasteiger partial charge in [0.15, 0.2) is 5.82 Å². The fraction of sp³-hybridized carbons (Fsp3) is 0.467. The summed E-state index contributed by atoms with van der Waals surface area (Å²) in [7, 11) is 3.90. The molecule has 5 nitrogen and oxygen atoms in total. The van der Waals surface area contributed by atoms with Gasteiger partial charge < -0.3 is 10.1 Å². The molecular weight excluding hydrogens is 252 g/mol. The summed E-state index contributed by atoms with van der Waals surface area (Å²) in [5.74, 6) is 1.81. The van der Waals surface area contributed by atoms with E-state index in [1.165, 1.54) is 24.0 Å². The van der Waals surface area contributed by atoms with E-state index in [9.17, 15) is 0 Å². The molecule has 5 heteroatoms. The smallest absolute Gasteiger partial charge is 0.164 e. The predicted molar refractivity (Wildman–Crippen MR) is 76.5 cm³/mol. The molecule has 0 radical (unpaired) electrons. The van der Waals surface area contributed by atoms with E-state index in [-0.39, 0.29) is 0 Å². The van der Waals surface area contributed by atoms with E-state index < -0.39 is 0 Å². The van der Waals surface area contributed by atoms with Gasteiger partial charge in [-0.05, 0) is 43.5 Å². The number of fused-ring (bicyclic) bond motifs is 1. The normalized spacial score (nSPS) is 17.8. The zero-order valence-corrected chi connectivity index (χ0v) is 12.0. The summed E-state index contributed by atoms with van der Waals surface area (Å²) in [5, 5.41) is 7.44. The molecule has 1 atom stereocenters. The van der Waals surface area contributed by atoms with Crippen molar-refractivity contribution in [2.24, 2.45) is 7.05 Å². The maximum absolute atomic E-state index is 5.97. The summed E-state index contributed by atoms with van der Waals surface area (Å²) in [4.78, 5) is 4.19. The van der Waals surface area contributed by atoms with Gasteiger partial charge in [-0.1, -0.05) is 12.1 Å². The maximum atomic E-state index is 5.97. The first-order valence-electron chi connectivity index (χ1n) is 7.04. The molecule has 1 N–H and O–H groups in total. The molecule has 3 rings (SSSR count). The van der Waals surface area contributed by atoms with Gasteiger partial charge in [0.25, 0.3) is 0 Å². The van der Waals surface area contributed by atoms with Crippen molar-refractivity contribution in [1.29, 1.82) is 0 Å². The second-order valence-electron chi connectivity index (χ2n) is 5.15. The molecule has 0 aliphatic heterocycles. The van der Waals surface area contributed by atoms with E-state index in [0.29, 0.717) is 12.6 Å². The minimum Gasteiger partial charge on any atom is -0.485 e. The second-order valence-corrected chi connectivity index (χ2v) is 5.15. The van der Waals surface area contributed by atoms with Gasteiger partial charge in [-0.2, -0.15) is 5.10 Å². The number of nitrogens with zero attached hydrogens (tertiary/aromatic N) is 3. The summed E-state index contributed by atoms with van der Waals surface area (Å²) in [5.41, 5.74) is 2.70. The van der Waals surface area contributed by atoms with Crippen molar-refractivity contribution in [3.05, 3.63) is 41.5 Å². The molecule has 0 saturated heterocycles. The first-order valence-corrected chi connectivity index (χ1v) is 7.04. The molecule has 1 aliphatic rings. The third kappa shape index (κ3) is 2.41. The Balaban J connectivity index is 1.82. The van der Waals surface area contributed by atoms with Crippen LogP contribution in [0.1, 0.15) is 35.8 Å². The van der Waals surface area contributed by atoms with E-state index in [2.05, 4.69) is 27.5 Å². The molecule has 20 heavy (non-hydrogen) atoms. The van der Waals surface area contributed by atoms with Crippen molar-refractivity contribution in [2.75, 3.05) is 7.05 Å². The SMILES string of the molecule is CNC1CCCc2c(OCc3ncnn3C)cccc21. The molecule has 0 saturated carbocycles. The van der Waals surface area contributed by atoms with Crippen LogP contribution in [-0.4, -0.2) is 21.8 Å². The molecule has 1 unspecified atom stereocenters. The second kappa shape index (κ2) is 5.63. The van der Waals surface area contributed by atoms with E-state index in [1.807, 2.05) is 20.2 Å². The summed E-state index contributed by atoms with van der Waals surface area (Å²) in [6, 6.07) is 6.76. The van der Waals surface area contributed by atoms with Gasteiger partial charge in [0, 0.05) is 13.1 Å². The highest BCUT2D eigenvalue weighted by Crippen LogP contribution is 2.35. The summed E-state index contributed by atoms with van der Waals surface area (Å²) >= 11 is 0. The molecular formula is C15H20N4O. The standard InChI is InChI=1S/C15H20N4O/c1-16-13-7-3-6-12-11(13)5-4-8-14(12)20-9-15-17-10-18-19(15)2/h4-5,8,10,13,16H,3,6-7,9H2,1-2H3. The van der Waals surface area contributed by atoms with Crippen LogP contribution in [0.25, 0.3) is 0 Å². The Morgan fingerprint density at radius 3 is 3.10 bits per heavy atom. The number of hydrogen-bond acceptors (Lipinski definition) is 4. The highest BCUT2D eigenvalue weighted by molar-refractivity contribution is 5.43. The quantitative estimate of drug-likeness (QED) is 0.925. The van der Waals surface area contributed by atoms with Crippen LogP contribution in [0.5, 0.6) is 5.75 Å². The highest BCUT2D eigenvalue weighted by Gasteiger charge is 2.21. The van der Waals surface area contributed by atoms with E-state index in [4.69, 9.17) is 4.74 Å². The monoisotopic (exact) mass is 272 g/mol. The zero-order valence-electron chi connectivity index (χ0n) is 12.0. The highest BCUT2D eigenvalue weighted by atomic mass is 16.5. The minimum absolute atomic E-state index is 0.442. The summed E-state index contributed by atoms with van der Waals surface area (Å²) in [6.45, 7) is 0.456. The Hall–Kier alpha value is -1.88. The number of hydrogen-bond donors (Lipinski definition) is 1. The van der Waals surface area contributed by atoms with Crippen molar-refractivity contribution in [3.8, 4) is 5.75 Å². The Kier molecular flexibility index (Phi) is 3.69. The van der Waals surface area contributed by atoms with Crippen LogP contribution in [-0.2, 0) is 20.1 Å². The number of aromatic nitrogens is 3. The van der Waals surface area contributed by atoms with Crippen LogP contribution in [0.2, 0.25) is 0 Å². The van der Waals surface area contributed by atoms with Crippen LogP contribution in [0.15, 0.2) is 24.5 Å². The van der Waals surface area contributed by atoms with Gasteiger partial charge in [0.1, 0.15) is 18.7 Å². The number of nitrogens with one attached hydrogen (secondary N) is 1. The van der Waals surface area contributed by atoms with Crippen LogP contribution < -0.4 is 10.1 Å². The molecule has 1 aromatic heterocycles. The average molecular weight is 272 g/mol. The Morgan fingerprint density at radius 1 is 1.45 bits per heavy atom. The van der Waals surface area contributed by atoms with Crippen LogP contribution in [0, 0.1) is 0 Å². The first kappa shape index (κ1) is 13.1. The molecule has 1 aromatic carbocycles. The van der Waals surface area contributed by atoms with Gasteiger partial charge in [-0.25, -0.2) is 4.98 Å². The Bertz CT molecular complexity index is 593. The lowest BCUT2D eigenvalue weighted by Crippen LogP contribution is -2.22. The molecule has 0 fully saturated rings. The molecule has 2 aromatic rings. The predicted octanol–water partition coefficient (Wildman–Crippen LogP) is 1.99. The molecule has 0 amide bonds. The number of benzene rings is 1. The Labute approximate surface area is 119 Å². The van der Waals surface area contributed by atoms with Crippen LogP contribution >= 0.6 is 0 Å². The number of rotatable bonds is 4. The fourth-order valence-corrected chi connectivity index (χ4v) is 2.84. The lowest BCUT2D eigenvalue weighted by atomic mass is 9.87. The van der Waals surface area contributed by atoms with Crippen LogP contribution in [0.3, 0.4) is 0 Å². The molecule has 106 valence electrons. The largest absolute Gasteiger partial charge is 0.485 e. The van der Waals surface area contributed by atoms with Gasteiger partial charge >= 0.3 is 0 Å². The lowest BCUT2D eigenvalue weighted by Gasteiger charge is -2.26. The molecule has 0 spiro atoms. The average Bonchev–Trinajstić information content (AvgIpc) is 2.89. The van der Waals surface area contributed by atoms with Crippen molar-refractivity contribution >= 4 is 0 Å². The Morgan fingerprint density at radius 2 is 2.35 bits per heavy atom. The zero-order chi connectivity index (χ0) is 13.9. The van der Waals surface area contributed by atoms with Gasteiger partial charge in [-0.3, -0.25) is 4.68 Å².